The number of imidazole rings is 1. The van der Waals surface area contributed by atoms with Crippen LogP contribution >= 0.6 is 0 Å². The van der Waals surface area contributed by atoms with E-state index >= 15 is 0 Å². The molecule has 0 amide bonds. The second kappa shape index (κ2) is 11.6. The van der Waals surface area contributed by atoms with Crippen molar-refractivity contribution in [2.75, 3.05) is 63.6 Å². The number of benzene rings is 1. The number of pyridine rings is 1. The summed E-state index contributed by atoms with van der Waals surface area (Å²) in [5.74, 6) is 1.62. The Morgan fingerprint density at radius 3 is 2.69 bits per heavy atom. The third-order valence-corrected chi connectivity index (χ3v) is 7.59. The zero-order valence-electron chi connectivity index (χ0n) is 21.9. The first-order chi connectivity index (χ1) is 17.6. The van der Waals surface area contributed by atoms with Crippen molar-refractivity contribution in [1.29, 1.82) is 0 Å². The van der Waals surface area contributed by atoms with Crippen LogP contribution in [0.25, 0.3) is 21.9 Å². The van der Waals surface area contributed by atoms with Crippen LogP contribution in [0.15, 0.2) is 30.4 Å². The summed E-state index contributed by atoms with van der Waals surface area (Å²) in [5, 5.41) is 4.78. The number of anilines is 2. The molecule has 0 spiro atoms. The largest absolute Gasteiger partial charge is 0.382 e. The maximum Gasteiger partial charge on any atom is 0.152 e. The fourth-order valence-electron chi connectivity index (χ4n) is 5.33. The summed E-state index contributed by atoms with van der Waals surface area (Å²) in [5.41, 5.74) is 10.6. The highest BCUT2D eigenvalue weighted by Gasteiger charge is 2.19. The van der Waals surface area contributed by atoms with Gasteiger partial charge in [0.2, 0.25) is 0 Å². The lowest BCUT2D eigenvalue weighted by atomic mass is 10.1. The Morgan fingerprint density at radius 2 is 1.92 bits per heavy atom. The molecule has 3 N–H and O–H groups in total. The van der Waals surface area contributed by atoms with Crippen molar-refractivity contribution in [3.8, 4) is 0 Å². The van der Waals surface area contributed by atoms with Gasteiger partial charge in [0, 0.05) is 76.0 Å². The topological polar surface area (TPSA) is 84.5 Å². The molecule has 8 heteroatoms. The molecular weight excluding hydrogens is 450 g/mol. The number of fused-ring (bicyclic) bond motifs is 3. The van der Waals surface area contributed by atoms with E-state index in [9.17, 15) is 0 Å². The first kappa shape index (κ1) is 25.0. The number of aryl methyl sites for hydroxylation is 1. The first-order valence-electron chi connectivity index (χ1n) is 13.6. The molecular formula is C28H41N7O. The Hall–Kier alpha value is -2.68. The predicted octanol–water partition coefficient (Wildman–Crippen LogP) is 3.59. The van der Waals surface area contributed by atoms with Gasteiger partial charge in [-0.2, -0.15) is 0 Å². The minimum absolute atomic E-state index is 0.520. The van der Waals surface area contributed by atoms with Gasteiger partial charge in [0.15, 0.2) is 5.82 Å². The zero-order valence-corrected chi connectivity index (χ0v) is 21.9. The van der Waals surface area contributed by atoms with E-state index in [0.717, 1.165) is 112 Å². The van der Waals surface area contributed by atoms with E-state index in [1.54, 1.807) is 0 Å². The standard InChI is InChI=1S/C28H41N7O/c1-3-4-7-25-32-26-27(35(25)13-6-5-12-30-21-10-18-36-19-11-21)23-20-22(8-9-24(23)31-28(26)29)34-16-14-33(2)15-17-34/h5-6,8-9,20-21,30H,3-4,7,10-19H2,1-2H3,(H2,29,31)/b6-5+. The highest BCUT2D eigenvalue weighted by molar-refractivity contribution is 6.07. The monoisotopic (exact) mass is 491 g/mol. The molecule has 8 nitrogen and oxygen atoms in total. The molecule has 0 unspecified atom stereocenters. The van der Waals surface area contributed by atoms with Gasteiger partial charge in [-0.05, 0) is 44.5 Å². The number of hydrogen-bond donors (Lipinski definition) is 2. The number of nitrogens with two attached hydrogens (primary N) is 1. The van der Waals surface area contributed by atoms with E-state index in [0.29, 0.717) is 11.9 Å². The molecule has 0 bridgehead atoms. The first-order valence-corrected chi connectivity index (χ1v) is 13.6. The molecule has 0 atom stereocenters. The number of aromatic nitrogens is 3. The summed E-state index contributed by atoms with van der Waals surface area (Å²) < 4.78 is 7.84. The molecule has 0 radical (unpaired) electrons. The van der Waals surface area contributed by atoms with E-state index in [-0.39, 0.29) is 0 Å². The lowest BCUT2D eigenvalue weighted by Crippen LogP contribution is -2.44. The van der Waals surface area contributed by atoms with Crippen LogP contribution in [-0.2, 0) is 17.7 Å². The van der Waals surface area contributed by atoms with Crippen LogP contribution in [0.3, 0.4) is 0 Å². The van der Waals surface area contributed by atoms with E-state index < -0.39 is 0 Å². The van der Waals surface area contributed by atoms with Gasteiger partial charge in [-0.25, -0.2) is 9.97 Å². The minimum Gasteiger partial charge on any atom is -0.382 e. The van der Waals surface area contributed by atoms with Gasteiger partial charge >= 0.3 is 0 Å². The van der Waals surface area contributed by atoms with Crippen LogP contribution in [0, 0.1) is 0 Å². The highest BCUT2D eigenvalue weighted by atomic mass is 16.5. The van der Waals surface area contributed by atoms with Crippen molar-refractivity contribution in [2.24, 2.45) is 0 Å². The van der Waals surface area contributed by atoms with E-state index in [1.165, 1.54) is 5.69 Å². The molecule has 2 fully saturated rings. The number of nitrogens with one attached hydrogen (secondary N) is 1. The van der Waals surface area contributed by atoms with Crippen molar-refractivity contribution in [3.05, 3.63) is 36.2 Å². The summed E-state index contributed by atoms with van der Waals surface area (Å²) >= 11 is 0. The highest BCUT2D eigenvalue weighted by Crippen LogP contribution is 2.32. The number of hydrogen-bond acceptors (Lipinski definition) is 7. The quantitative estimate of drug-likeness (QED) is 0.443. The minimum atomic E-state index is 0.520. The van der Waals surface area contributed by atoms with E-state index in [4.69, 9.17) is 20.4 Å². The fourth-order valence-corrected chi connectivity index (χ4v) is 5.33. The molecule has 5 rings (SSSR count). The van der Waals surface area contributed by atoms with Gasteiger partial charge in [-0.3, -0.25) is 0 Å². The van der Waals surface area contributed by atoms with Gasteiger partial charge < -0.3 is 30.2 Å². The van der Waals surface area contributed by atoms with Crippen molar-refractivity contribution < 1.29 is 4.74 Å². The number of rotatable bonds is 9. The number of nitrogens with zero attached hydrogens (tertiary/aromatic N) is 5. The molecule has 3 aromatic rings. The van der Waals surface area contributed by atoms with Gasteiger partial charge in [0.1, 0.15) is 11.3 Å². The Balaban J connectivity index is 1.46. The lowest BCUT2D eigenvalue weighted by molar-refractivity contribution is 0.0789. The molecule has 1 aromatic carbocycles. The van der Waals surface area contributed by atoms with Crippen LogP contribution in [0.2, 0.25) is 0 Å². The van der Waals surface area contributed by atoms with Gasteiger partial charge in [0.05, 0.1) is 11.0 Å². The summed E-state index contributed by atoms with van der Waals surface area (Å²) in [6.07, 6.45) is 9.87. The summed E-state index contributed by atoms with van der Waals surface area (Å²) in [7, 11) is 2.19. The average Bonchev–Trinajstić information content (AvgIpc) is 3.27. The number of piperazine rings is 1. The molecule has 2 aliphatic heterocycles. The summed E-state index contributed by atoms with van der Waals surface area (Å²) in [6.45, 7) is 9.85. The summed E-state index contributed by atoms with van der Waals surface area (Å²) in [6, 6.07) is 7.16. The Kier molecular flexibility index (Phi) is 8.04. The van der Waals surface area contributed by atoms with Crippen molar-refractivity contribution in [2.45, 2.75) is 51.6 Å². The SMILES string of the molecule is CCCCc1nc2c(N)nc3ccc(N4CCN(C)CC4)cc3c2n1C/C=C/CNC1CCOCC1. The smallest absolute Gasteiger partial charge is 0.152 e. The maximum absolute atomic E-state index is 6.45. The maximum atomic E-state index is 6.45. The van der Waals surface area contributed by atoms with Crippen LogP contribution < -0.4 is 16.0 Å². The normalized spacial score (nSPS) is 18.2. The number of nitrogen functional groups attached to an aromatic ring is 1. The molecule has 36 heavy (non-hydrogen) atoms. The van der Waals surface area contributed by atoms with E-state index in [1.807, 2.05) is 0 Å². The van der Waals surface area contributed by atoms with Crippen molar-refractivity contribution >= 4 is 33.4 Å². The Labute approximate surface area is 214 Å². The van der Waals surface area contributed by atoms with Gasteiger partial charge in [-0.1, -0.05) is 25.5 Å². The molecule has 194 valence electrons. The molecule has 0 aliphatic carbocycles. The van der Waals surface area contributed by atoms with Crippen LogP contribution in [-0.4, -0.2) is 78.5 Å². The van der Waals surface area contributed by atoms with Gasteiger partial charge in [-0.15, -0.1) is 0 Å². The number of unbranched alkanes of at least 4 members (excludes halogenated alkanes) is 1. The van der Waals surface area contributed by atoms with Gasteiger partial charge in [0.25, 0.3) is 0 Å². The van der Waals surface area contributed by atoms with Crippen LogP contribution in [0.5, 0.6) is 0 Å². The van der Waals surface area contributed by atoms with Crippen molar-refractivity contribution in [1.82, 2.24) is 24.8 Å². The number of ether oxygens (including phenoxy) is 1. The third kappa shape index (κ3) is 5.51. The number of allylic oxidation sites excluding steroid dienone is 1. The predicted molar refractivity (Wildman–Crippen MR) is 149 cm³/mol. The zero-order chi connectivity index (χ0) is 24.9. The molecule has 2 aromatic heterocycles. The second-order valence-corrected chi connectivity index (χ2v) is 10.2. The number of likely N-dealkylation sites (N-methyl/N-ethyl adjacent to an activating group) is 1. The third-order valence-electron chi connectivity index (χ3n) is 7.59. The molecule has 2 aliphatic rings. The Morgan fingerprint density at radius 1 is 1.11 bits per heavy atom. The van der Waals surface area contributed by atoms with Crippen LogP contribution in [0.1, 0.15) is 38.4 Å². The Bertz CT molecular complexity index is 1190. The fraction of sp³-hybridized carbons (Fsp3) is 0.571. The second-order valence-electron chi connectivity index (χ2n) is 10.2. The molecule has 4 heterocycles. The molecule has 2 saturated heterocycles. The van der Waals surface area contributed by atoms with E-state index in [2.05, 4.69) is 64.0 Å². The lowest BCUT2D eigenvalue weighted by Gasteiger charge is -2.34. The summed E-state index contributed by atoms with van der Waals surface area (Å²) in [4.78, 5) is 14.6. The van der Waals surface area contributed by atoms with Crippen LogP contribution in [0.4, 0.5) is 11.5 Å². The average molecular weight is 492 g/mol. The van der Waals surface area contributed by atoms with Crippen molar-refractivity contribution in [3.63, 3.8) is 0 Å². The molecule has 0 saturated carbocycles.